The Kier molecular flexibility index (Phi) is 13.7. The zero-order valence-corrected chi connectivity index (χ0v) is 21.4. The molecule has 0 heterocycles. The molecule has 0 aromatic heterocycles. The summed E-state index contributed by atoms with van der Waals surface area (Å²) in [5.41, 5.74) is 16.7. The number of aliphatic hydroxyl groups is 1. The third kappa shape index (κ3) is 12.6. The second-order valence-electron chi connectivity index (χ2n) is 8.58. The summed E-state index contributed by atoms with van der Waals surface area (Å²) in [6.45, 7) is 0.217. The number of aliphatic carboxylic acids is 1. The van der Waals surface area contributed by atoms with Crippen LogP contribution >= 0.6 is 0 Å². The zero-order chi connectivity index (χ0) is 29.5. The monoisotopic (exact) mass is 552 g/mol. The van der Waals surface area contributed by atoms with Gasteiger partial charge in [-0.1, -0.05) is 12.1 Å². The molecule has 13 N–H and O–H groups in total. The second-order valence-corrected chi connectivity index (χ2v) is 8.58. The first kappa shape index (κ1) is 32.6. The maximum Gasteiger partial charge on any atom is 0.326 e. The lowest BCUT2D eigenvalue weighted by Gasteiger charge is -2.21. The lowest BCUT2D eigenvalue weighted by atomic mass is 10.1. The van der Waals surface area contributed by atoms with E-state index in [0.29, 0.717) is 12.0 Å². The number of guanidine groups is 1. The highest BCUT2D eigenvalue weighted by molar-refractivity contribution is 5.94. The number of rotatable bonds is 16. The minimum absolute atomic E-state index is 0.00541. The van der Waals surface area contributed by atoms with Crippen LogP contribution in [0.4, 0.5) is 0 Å². The van der Waals surface area contributed by atoms with E-state index in [0.717, 1.165) is 0 Å². The number of nitrogens with zero attached hydrogens (tertiary/aromatic N) is 1. The second kappa shape index (κ2) is 16.4. The first-order valence-corrected chi connectivity index (χ1v) is 11.9. The number of carboxylic acid groups (broad SMARTS) is 1. The van der Waals surface area contributed by atoms with Gasteiger partial charge >= 0.3 is 5.97 Å². The van der Waals surface area contributed by atoms with E-state index in [-0.39, 0.29) is 31.1 Å². The Balaban J connectivity index is 2.52. The van der Waals surface area contributed by atoms with Crippen molar-refractivity contribution in [2.24, 2.45) is 22.2 Å². The quantitative estimate of drug-likeness (QED) is 0.0535. The SMILES string of the molecule is C[C@H](NC(=O)[C@H](CO)NC(=O)[C@@H](N)CCCN=C(N)N)C(=O)NCC(=O)N[C@@H](Cc1ccc(O)cc1)C(=O)O. The average Bonchev–Trinajstić information content (AvgIpc) is 2.88. The summed E-state index contributed by atoms with van der Waals surface area (Å²) >= 11 is 0. The number of aromatic hydroxyl groups is 1. The Hall–Kier alpha value is -4.44. The summed E-state index contributed by atoms with van der Waals surface area (Å²) in [5, 5.41) is 37.3. The van der Waals surface area contributed by atoms with Crippen molar-refractivity contribution in [3.63, 3.8) is 0 Å². The van der Waals surface area contributed by atoms with Gasteiger partial charge in [-0.15, -0.1) is 0 Å². The molecule has 39 heavy (non-hydrogen) atoms. The minimum atomic E-state index is -1.39. The normalized spacial score (nSPS) is 13.6. The van der Waals surface area contributed by atoms with Crippen LogP contribution in [0.2, 0.25) is 0 Å². The topological polar surface area (TPSA) is 285 Å². The summed E-state index contributed by atoms with van der Waals surface area (Å²) in [5.74, 6) is -4.53. The largest absolute Gasteiger partial charge is 0.508 e. The molecule has 0 radical (unpaired) electrons. The number of phenols is 1. The number of carbonyl (C=O) groups excluding carboxylic acids is 4. The fourth-order valence-electron chi connectivity index (χ4n) is 3.14. The molecular weight excluding hydrogens is 516 g/mol. The summed E-state index contributed by atoms with van der Waals surface area (Å²) < 4.78 is 0. The summed E-state index contributed by atoms with van der Waals surface area (Å²) in [7, 11) is 0. The predicted octanol–water partition coefficient (Wildman–Crippen LogP) is -4.02. The number of hydrogen-bond donors (Lipinski definition) is 10. The highest BCUT2D eigenvalue weighted by Gasteiger charge is 2.26. The first-order chi connectivity index (χ1) is 18.3. The highest BCUT2D eigenvalue weighted by Crippen LogP contribution is 2.11. The van der Waals surface area contributed by atoms with Crippen LogP contribution in [0.1, 0.15) is 25.3 Å². The van der Waals surface area contributed by atoms with E-state index >= 15 is 0 Å². The first-order valence-electron chi connectivity index (χ1n) is 11.9. The summed E-state index contributed by atoms with van der Waals surface area (Å²) in [6, 6.07) is 0.928. The van der Waals surface area contributed by atoms with Crippen molar-refractivity contribution in [1.29, 1.82) is 0 Å². The van der Waals surface area contributed by atoms with Gasteiger partial charge in [0.2, 0.25) is 23.6 Å². The van der Waals surface area contributed by atoms with Gasteiger partial charge in [0.05, 0.1) is 19.2 Å². The Morgan fingerprint density at radius 3 is 2.15 bits per heavy atom. The number of amides is 4. The van der Waals surface area contributed by atoms with Crippen LogP contribution in [0.3, 0.4) is 0 Å². The average molecular weight is 553 g/mol. The van der Waals surface area contributed by atoms with Crippen LogP contribution in [0.15, 0.2) is 29.3 Å². The van der Waals surface area contributed by atoms with Gasteiger partial charge < -0.3 is 53.8 Å². The molecule has 0 spiro atoms. The van der Waals surface area contributed by atoms with Crippen LogP contribution in [-0.4, -0.2) is 94.7 Å². The van der Waals surface area contributed by atoms with Crippen molar-refractivity contribution in [3.05, 3.63) is 29.8 Å². The van der Waals surface area contributed by atoms with Crippen molar-refractivity contribution in [2.75, 3.05) is 19.7 Å². The molecule has 0 bridgehead atoms. The number of aliphatic imine (C=N–C) groups is 1. The number of hydrogen-bond acceptors (Lipinski definition) is 9. The lowest BCUT2D eigenvalue weighted by Crippen LogP contribution is -2.56. The minimum Gasteiger partial charge on any atom is -0.508 e. The van der Waals surface area contributed by atoms with Gasteiger partial charge in [-0.05, 0) is 37.5 Å². The van der Waals surface area contributed by atoms with E-state index in [2.05, 4.69) is 26.3 Å². The molecule has 0 fully saturated rings. The zero-order valence-electron chi connectivity index (χ0n) is 21.4. The van der Waals surface area contributed by atoms with Gasteiger partial charge in [0.25, 0.3) is 0 Å². The third-order valence-electron chi connectivity index (χ3n) is 5.30. The molecule has 4 amide bonds. The van der Waals surface area contributed by atoms with E-state index in [1.54, 1.807) is 0 Å². The molecule has 0 aliphatic heterocycles. The van der Waals surface area contributed by atoms with Gasteiger partial charge in [-0.2, -0.15) is 0 Å². The molecule has 0 aliphatic carbocycles. The maximum atomic E-state index is 12.4. The molecule has 1 aromatic carbocycles. The molecule has 216 valence electrons. The third-order valence-corrected chi connectivity index (χ3v) is 5.30. The van der Waals surface area contributed by atoms with Crippen molar-refractivity contribution in [3.8, 4) is 5.75 Å². The Labute approximate surface area is 224 Å². The van der Waals surface area contributed by atoms with E-state index in [9.17, 15) is 39.3 Å². The highest BCUT2D eigenvalue weighted by atomic mass is 16.4. The Morgan fingerprint density at radius 1 is 0.949 bits per heavy atom. The number of nitrogens with two attached hydrogens (primary N) is 3. The van der Waals surface area contributed by atoms with Crippen molar-refractivity contribution >= 4 is 35.6 Å². The fraction of sp³-hybridized carbons (Fsp3) is 0.478. The number of aliphatic hydroxyl groups excluding tert-OH is 1. The number of nitrogens with one attached hydrogen (secondary N) is 4. The molecule has 0 saturated heterocycles. The number of phenolic OH excluding ortho intramolecular Hbond substituents is 1. The standard InChI is InChI=1S/C23H36N8O8/c1-12(29-21(37)17(11-32)31-20(36)15(24)3-2-8-27-23(25)26)19(35)28-10-18(34)30-16(22(38)39)9-13-4-6-14(33)7-5-13/h4-7,12,15-17,32-33H,2-3,8-11,24H2,1H3,(H,28,35)(H,29,37)(H,30,34)(H,31,36)(H,38,39)(H4,25,26,27)/t12-,15-,16-,17-/m0/s1. The van der Waals surface area contributed by atoms with E-state index in [4.69, 9.17) is 17.2 Å². The van der Waals surface area contributed by atoms with E-state index < -0.39 is 66.9 Å². The van der Waals surface area contributed by atoms with Crippen LogP contribution in [0.5, 0.6) is 5.75 Å². The molecular formula is C23H36N8O8. The Bertz CT molecular complexity index is 1030. The van der Waals surface area contributed by atoms with Crippen LogP contribution in [0.25, 0.3) is 0 Å². The van der Waals surface area contributed by atoms with Gasteiger partial charge in [0.15, 0.2) is 5.96 Å². The molecule has 0 aliphatic rings. The van der Waals surface area contributed by atoms with Crippen molar-refractivity contribution < 1.29 is 39.3 Å². The molecule has 1 rings (SSSR count). The smallest absolute Gasteiger partial charge is 0.326 e. The van der Waals surface area contributed by atoms with Crippen LogP contribution in [-0.2, 0) is 30.4 Å². The molecule has 16 nitrogen and oxygen atoms in total. The summed E-state index contributed by atoms with van der Waals surface area (Å²) in [6.07, 6.45) is 0.550. The van der Waals surface area contributed by atoms with Crippen molar-refractivity contribution in [1.82, 2.24) is 21.3 Å². The molecule has 0 unspecified atom stereocenters. The number of benzene rings is 1. The van der Waals surface area contributed by atoms with Gasteiger partial charge in [-0.25, -0.2) is 4.79 Å². The van der Waals surface area contributed by atoms with Gasteiger partial charge in [0.1, 0.15) is 23.9 Å². The molecule has 4 atom stereocenters. The van der Waals surface area contributed by atoms with Crippen LogP contribution < -0.4 is 38.5 Å². The fourth-order valence-corrected chi connectivity index (χ4v) is 3.14. The van der Waals surface area contributed by atoms with Crippen LogP contribution in [0, 0.1) is 0 Å². The Morgan fingerprint density at radius 2 is 1.59 bits per heavy atom. The molecule has 0 saturated carbocycles. The summed E-state index contributed by atoms with van der Waals surface area (Å²) in [4.78, 5) is 64.4. The maximum absolute atomic E-state index is 12.4. The van der Waals surface area contributed by atoms with Gasteiger partial charge in [-0.3, -0.25) is 24.2 Å². The molecule has 16 heteroatoms. The predicted molar refractivity (Wildman–Crippen MR) is 139 cm³/mol. The van der Waals surface area contributed by atoms with E-state index in [1.807, 2.05) is 0 Å². The lowest BCUT2D eigenvalue weighted by molar-refractivity contribution is -0.141. The molecule has 1 aromatic rings. The van der Waals surface area contributed by atoms with Gasteiger partial charge in [0, 0.05) is 13.0 Å². The van der Waals surface area contributed by atoms with E-state index in [1.165, 1.54) is 31.2 Å². The van der Waals surface area contributed by atoms with Crippen molar-refractivity contribution in [2.45, 2.75) is 50.4 Å². The number of carboxylic acids is 1. The number of carbonyl (C=O) groups is 5.